The summed E-state index contributed by atoms with van der Waals surface area (Å²) >= 11 is 0. The molecule has 1 heterocycles. The Kier molecular flexibility index (Phi) is 4.19. The van der Waals surface area contributed by atoms with Crippen LogP contribution in [0.3, 0.4) is 0 Å². The highest BCUT2D eigenvalue weighted by molar-refractivity contribution is 6.05. The van der Waals surface area contributed by atoms with Crippen LogP contribution < -0.4 is 4.74 Å². The SMILES string of the molecule is CC(=O)Oc1c(C)n(C(=O)c2ccc(F)c(F)c2)c2cc(F)c(O)cc12. The van der Waals surface area contributed by atoms with E-state index in [-0.39, 0.29) is 27.9 Å². The minimum absolute atomic E-state index is 0.00350. The summed E-state index contributed by atoms with van der Waals surface area (Å²) in [6.45, 7) is 2.58. The number of halogens is 3. The van der Waals surface area contributed by atoms with Crippen LogP contribution in [0.5, 0.6) is 11.5 Å². The molecule has 0 atom stereocenters. The van der Waals surface area contributed by atoms with Gasteiger partial charge in [0.1, 0.15) is 0 Å². The highest BCUT2D eigenvalue weighted by Gasteiger charge is 2.24. The van der Waals surface area contributed by atoms with E-state index in [1.54, 1.807) is 0 Å². The quantitative estimate of drug-likeness (QED) is 0.705. The fourth-order valence-corrected chi connectivity index (χ4v) is 2.69. The van der Waals surface area contributed by atoms with Crippen molar-refractivity contribution in [3.8, 4) is 11.5 Å². The molecule has 0 aliphatic carbocycles. The molecule has 3 rings (SSSR count). The molecule has 1 N–H and O–H groups in total. The number of aromatic nitrogens is 1. The molecule has 0 bridgehead atoms. The average molecular weight is 363 g/mol. The molecule has 3 aromatic rings. The largest absolute Gasteiger partial charge is 0.505 e. The van der Waals surface area contributed by atoms with Gasteiger partial charge in [-0.15, -0.1) is 0 Å². The van der Waals surface area contributed by atoms with Gasteiger partial charge in [-0.05, 0) is 31.2 Å². The molecule has 2 aromatic carbocycles. The summed E-state index contributed by atoms with van der Waals surface area (Å²) in [5.41, 5.74) is -0.0505. The van der Waals surface area contributed by atoms with Crippen molar-refractivity contribution in [1.29, 1.82) is 0 Å². The molecule has 8 heteroatoms. The molecule has 0 unspecified atom stereocenters. The third-order valence-corrected chi connectivity index (χ3v) is 3.83. The maximum absolute atomic E-state index is 13.8. The van der Waals surface area contributed by atoms with E-state index < -0.39 is 35.1 Å². The van der Waals surface area contributed by atoms with Crippen molar-refractivity contribution < 1.29 is 32.6 Å². The second-order valence-electron chi connectivity index (χ2n) is 5.60. The molecule has 1 aromatic heterocycles. The molecule has 26 heavy (non-hydrogen) atoms. The number of fused-ring (bicyclic) bond motifs is 1. The van der Waals surface area contributed by atoms with Crippen molar-refractivity contribution in [3.63, 3.8) is 0 Å². The smallest absolute Gasteiger partial charge is 0.308 e. The highest BCUT2D eigenvalue weighted by atomic mass is 19.2. The lowest BCUT2D eigenvalue weighted by molar-refractivity contribution is -0.131. The first kappa shape index (κ1) is 17.5. The molecule has 0 fully saturated rings. The number of carbonyl (C=O) groups is 2. The van der Waals surface area contributed by atoms with Gasteiger partial charge < -0.3 is 9.84 Å². The number of benzene rings is 2. The van der Waals surface area contributed by atoms with E-state index in [0.717, 1.165) is 35.8 Å². The molecular weight excluding hydrogens is 351 g/mol. The van der Waals surface area contributed by atoms with Crippen LogP contribution in [0.4, 0.5) is 13.2 Å². The maximum Gasteiger partial charge on any atom is 0.308 e. The number of carbonyl (C=O) groups excluding carboxylic acids is 2. The predicted octanol–water partition coefficient (Wildman–Crippen LogP) is 3.69. The van der Waals surface area contributed by atoms with E-state index >= 15 is 0 Å². The van der Waals surface area contributed by atoms with E-state index in [4.69, 9.17) is 4.74 Å². The lowest BCUT2D eigenvalue weighted by Gasteiger charge is -2.08. The lowest BCUT2D eigenvalue weighted by atomic mass is 10.2. The number of phenols is 1. The molecule has 0 saturated carbocycles. The normalized spacial score (nSPS) is 11.0. The van der Waals surface area contributed by atoms with Crippen molar-refractivity contribution in [2.75, 3.05) is 0 Å². The van der Waals surface area contributed by atoms with Crippen molar-refractivity contribution in [1.82, 2.24) is 4.57 Å². The summed E-state index contributed by atoms with van der Waals surface area (Å²) < 4.78 is 46.5. The second-order valence-corrected chi connectivity index (χ2v) is 5.60. The maximum atomic E-state index is 13.8. The van der Waals surface area contributed by atoms with Gasteiger partial charge in [0, 0.05) is 23.9 Å². The number of phenolic OH excluding ortho intramolecular Hbond substituents is 1. The van der Waals surface area contributed by atoms with E-state index in [9.17, 15) is 27.9 Å². The van der Waals surface area contributed by atoms with Crippen LogP contribution in [0.1, 0.15) is 23.0 Å². The van der Waals surface area contributed by atoms with Gasteiger partial charge in [-0.3, -0.25) is 14.2 Å². The number of ether oxygens (including phenoxy) is 1. The Morgan fingerprint density at radius 2 is 1.73 bits per heavy atom. The number of esters is 1. The molecule has 5 nitrogen and oxygen atoms in total. The zero-order valence-electron chi connectivity index (χ0n) is 13.6. The average Bonchev–Trinajstić information content (AvgIpc) is 2.81. The van der Waals surface area contributed by atoms with Crippen molar-refractivity contribution in [2.45, 2.75) is 13.8 Å². The first-order valence-corrected chi connectivity index (χ1v) is 7.42. The van der Waals surface area contributed by atoms with Crippen LogP contribution in [-0.4, -0.2) is 21.6 Å². The zero-order chi connectivity index (χ0) is 19.2. The molecule has 0 aliphatic rings. The Hall–Kier alpha value is -3.29. The van der Waals surface area contributed by atoms with Crippen LogP contribution in [-0.2, 0) is 4.79 Å². The second kappa shape index (κ2) is 6.21. The van der Waals surface area contributed by atoms with E-state index in [2.05, 4.69) is 0 Å². The Morgan fingerprint density at radius 3 is 2.35 bits per heavy atom. The number of hydrogen-bond acceptors (Lipinski definition) is 4. The summed E-state index contributed by atoms with van der Waals surface area (Å²) in [4.78, 5) is 24.1. The number of hydrogen-bond donors (Lipinski definition) is 1. The fraction of sp³-hybridized carbons (Fsp3) is 0.111. The van der Waals surface area contributed by atoms with Gasteiger partial charge in [0.2, 0.25) is 0 Å². The van der Waals surface area contributed by atoms with Crippen LogP contribution in [0.25, 0.3) is 10.9 Å². The van der Waals surface area contributed by atoms with E-state index in [1.807, 2.05) is 0 Å². The molecule has 0 saturated heterocycles. The van der Waals surface area contributed by atoms with E-state index in [1.165, 1.54) is 6.92 Å². The third-order valence-electron chi connectivity index (χ3n) is 3.83. The Morgan fingerprint density at radius 1 is 1.04 bits per heavy atom. The third kappa shape index (κ3) is 2.79. The van der Waals surface area contributed by atoms with Gasteiger partial charge in [0.25, 0.3) is 5.91 Å². The molecule has 0 spiro atoms. The summed E-state index contributed by atoms with van der Waals surface area (Å²) in [5.74, 6) is -5.53. The monoisotopic (exact) mass is 363 g/mol. The van der Waals surface area contributed by atoms with Crippen LogP contribution in [0.15, 0.2) is 30.3 Å². The standard InChI is InChI=1S/C18H12F3NO4/c1-8-17(26-9(2)23)11-6-16(24)14(21)7-15(11)22(8)18(25)10-3-4-12(19)13(20)5-10/h3-7,24H,1-2H3. The number of rotatable bonds is 2. The molecular formula is C18H12F3NO4. The van der Waals surface area contributed by atoms with Gasteiger partial charge in [-0.25, -0.2) is 13.2 Å². The molecule has 134 valence electrons. The first-order valence-electron chi connectivity index (χ1n) is 7.42. The van der Waals surface area contributed by atoms with Crippen LogP contribution >= 0.6 is 0 Å². The Balaban J connectivity index is 2.29. The summed E-state index contributed by atoms with van der Waals surface area (Å²) in [5, 5.41) is 9.72. The zero-order valence-corrected chi connectivity index (χ0v) is 13.6. The van der Waals surface area contributed by atoms with Gasteiger partial charge in [-0.2, -0.15) is 0 Å². The van der Waals surface area contributed by atoms with Crippen LogP contribution in [0.2, 0.25) is 0 Å². The topological polar surface area (TPSA) is 68.5 Å². The predicted molar refractivity (Wildman–Crippen MR) is 85.7 cm³/mol. The summed E-state index contributed by atoms with van der Waals surface area (Å²) in [6, 6.07) is 4.50. The van der Waals surface area contributed by atoms with Gasteiger partial charge in [-0.1, -0.05) is 0 Å². The molecule has 0 amide bonds. The van der Waals surface area contributed by atoms with Gasteiger partial charge in [0.15, 0.2) is 29.0 Å². The van der Waals surface area contributed by atoms with Crippen LogP contribution in [0, 0.1) is 24.4 Å². The highest BCUT2D eigenvalue weighted by Crippen LogP contribution is 2.37. The summed E-state index contributed by atoms with van der Waals surface area (Å²) in [6.07, 6.45) is 0. The first-order chi connectivity index (χ1) is 12.2. The fourth-order valence-electron chi connectivity index (χ4n) is 2.69. The number of aromatic hydroxyl groups is 1. The van der Waals surface area contributed by atoms with E-state index in [0.29, 0.717) is 6.07 Å². The minimum Gasteiger partial charge on any atom is -0.505 e. The number of nitrogens with zero attached hydrogens (tertiary/aromatic N) is 1. The van der Waals surface area contributed by atoms with Gasteiger partial charge in [0.05, 0.1) is 11.2 Å². The van der Waals surface area contributed by atoms with Crippen molar-refractivity contribution in [2.24, 2.45) is 0 Å². The minimum atomic E-state index is -1.21. The summed E-state index contributed by atoms with van der Waals surface area (Å²) in [7, 11) is 0. The Labute approximate surface area is 145 Å². The van der Waals surface area contributed by atoms with Gasteiger partial charge >= 0.3 is 5.97 Å². The van der Waals surface area contributed by atoms with Crippen molar-refractivity contribution >= 4 is 22.8 Å². The van der Waals surface area contributed by atoms with Crippen molar-refractivity contribution in [3.05, 3.63) is 59.0 Å². The Bertz CT molecular complexity index is 1070. The molecule has 0 radical (unpaired) electrons. The lowest BCUT2D eigenvalue weighted by Crippen LogP contribution is -2.14. The molecule has 0 aliphatic heterocycles.